The fraction of sp³-hybridized carbons (Fsp3) is 0.579. The number of anilines is 1. The van der Waals surface area contributed by atoms with E-state index >= 15 is 0 Å². The number of nitrogens with one attached hydrogen (secondary N) is 1. The van der Waals surface area contributed by atoms with Crippen LogP contribution in [-0.2, 0) is 9.59 Å². The number of hydrogen-bond acceptors (Lipinski definition) is 4. The summed E-state index contributed by atoms with van der Waals surface area (Å²) in [5.74, 6) is 0.486. The second kappa shape index (κ2) is 7.45. The molecule has 2 amide bonds. The van der Waals surface area contributed by atoms with Crippen molar-refractivity contribution in [1.29, 1.82) is 0 Å². The molecule has 0 aromatic heterocycles. The molecule has 3 atom stereocenters. The molecule has 3 aliphatic rings. The second-order valence-corrected chi connectivity index (χ2v) is 7.42. The molecule has 0 radical (unpaired) electrons. The van der Waals surface area contributed by atoms with Gasteiger partial charge in [0.15, 0.2) is 6.10 Å². The summed E-state index contributed by atoms with van der Waals surface area (Å²) in [5.41, 5.74) is 0.678. The predicted octanol–water partition coefficient (Wildman–Crippen LogP) is 1.96. The van der Waals surface area contributed by atoms with E-state index in [1.165, 1.54) is 12.8 Å². The number of para-hydroxylation sites is 2. The van der Waals surface area contributed by atoms with E-state index in [-0.39, 0.29) is 36.8 Å². The number of fused-ring (bicyclic) bond motifs is 3. The van der Waals surface area contributed by atoms with Crippen LogP contribution in [0.15, 0.2) is 24.3 Å². The number of carbonyl (C=O) groups excluding carboxylic acids is 2. The molecule has 0 spiro atoms. The van der Waals surface area contributed by atoms with Gasteiger partial charge in [-0.3, -0.25) is 14.5 Å². The summed E-state index contributed by atoms with van der Waals surface area (Å²) in [4.78, 5) is 28.9. The molecule has 3 heterocycles. The van der Waals surface area contributed by atoms with E-state index in [0.717, 1.165) is 12.8 Å². The van der Waals surface area contributed by atoms with Gasteiger partial charge in [-0.1, -0.05) is 12.1 Å². The molecule has 1 N–H and O–H groups in total. The molecular weight excluding hydrogens is 354 g/mol. The van der Waals surface area contributed by atoms with Crippen molar-refractivity contribution in [2.45, 2.75) is 56.8 Å². The maximum absolute atomic E-state index is 12.9. The minimum Gasteiger partial charge on any atom is -0.479 e. The van der Waals surface area contributed by atoms with Gasteiger partial charge < -0.3 is 15.0 Å². The summed E-state index contributed by atoms with van der Waals surface area (Å²) in [6.07, 6.45) is 3.85. The molecule has 2 fully saturated rings. The molecule has 4 rings (SSSR count). The number of benzene rings is 1. The minimum atomic E-state index is -0.567. The van der Waals surface area contributed by atoms with Gasteiger partial charge in [-0.05, 0) is 44.7 Å². The van der Waals surface area contributed by atoms with Crippen molar-refractivity contribution in [3.63, 3.8) is 0 Å². The topological polar surface area (TPSA) is 61.9 Å². The van der Waals surface area contributed by atoms with Crippen LogP contribution in [0.1, 0.15) is 32.6 Å². The molecule has 3 unspecified atom stereocenters. The first-order valence-corrected chi connectivity index (χ1v) is 9.11. The Bertz CT molecular complexity index is 686. The maximum atomic E-state index is 12.9. The Hall–Kier alpha value is -1.79. The van der Waals surface area contributed by atoms with E-state index < -0.39 is 6.10 Å². The van der Waals surface area contributed by atoms with E-state index in [0.29, 0.717) is 23.5 Å². The van der Waals surface area contributed by atoms with Gasteiger partial charge in [0, 0.05) is 25.2 Å². The van der Waals surface area contributed by atoms with Crippen LogP contribution in [0.5, 0.6) is 5.75 Å². The molecule has 2 bridgehead atoms. The summed E-state index contributed by atoms with van der Waals surface area (Å²) < 4.78 is 5.64. The molecule has 7 heteroatoms. The lowest BCUT2D eigenvalue weighted by molar-refractivity contribution is -0.134. The van der Waals surface area contributed by atoms with E-state index in [1.807, 2.05) is 36.2 Å². The SMILES string of the molecule is CC1Oc2ccccc2N(CC(=O)N(C)C2CC3CCC(C2)N3)C1=O.Cl. The summed E-state index contributed by atoms with van der Waals surface area (Å²) >= 11 is 0. The average Bonchev–Trinajstić information content (AvgIpc) is 2.96. The van der Waals surface area contributed by atoms with Crippen LogP contribution in [0.3, 0.4) is 0 Å². The Kier molecular flexibility index (Phi) is 5.44. The third-order valence-corrected chi connectivity index (χ3v) is 5.76. The summed E-state index contributed by atoms with van der Waals surface area (Å²) in [6.45, 7) is 1.79. The second-order valence-electron chi connectivity index (χ2n) is 7.42. The first-order valence-electron chi connectivity index (χ1n) is 9.11. The number of hydrogen-bond donors (Lipinski definition) is 1. The van der Waals surface area contributed by atoms with Gasteiger partial charge in [0.2, 0.25) is 5.91 Å². The Morgan fingerprint density at radius 2 is 1.92 bits per heavy atom. The van der Waals surface area contributed by atoms with Crippen LogP contribution in [0, 0.1) is 0 Å². The Balaban J connectivity index is 0.00000196. The highest BCUT2D eigenvalue weighted by atomic mass is 35.5. The van der Waals surface area contributed by atoms with Crippen LogP contribution in [0.4, 0.5) is 5.69 Å². The first kappa shape index (κ1) is 19.0. The van der Waals surface area contributed by atoms with Crippen molar-refractivity contribution >= 4 is 29.9 Å². The van der Waals surface area contributed by atoms with Crippen LogP contribution in [-0.4, -0.2) is 54.5 Å². The third kappa shape index (κ3) is 3.40. The van der Waals surface area contributed by atoms with Crippen LogP contribution in [0.2, 0.25) is 0 Å². The van der Waals surface area contributed by atoms with Crippen molar-refractivity contribution in [1.82, 2.24) is 10.2 Å². The van der Waals surface area contributed by atoms with E-state index in [4.69, 9.17) is 4.74 Å². The van der Waals surface area contributed by atoms with Crippen molar-refractivity contribution < 1.29 is 14.3 Å². The lowest BCUT2D eigenvalue weighted by Crippen LogP contribution is -2.53. The summed E-state index contributed by atoms with van der Waals surface area (Å²) in [6, 6.07) is 8.72. The Labute approximate surface area is 160 Å². The quantitative estimate of drug-likeness (QED) is 0.872. The standard InChI is InChI=1S/C19H25N3O3.ClH/c1-12-19(24)22(16-5-3-4-6-17(16)25-12)11-18(23)21(2)15-9-13-7-8-14(10-15)20-13;/h3-6,12-15,20H,7-11H2,1-2H3;1H. The molecular formula is C19H26ClN3O3. The van der Waals surface area contributed by atoms with E-state index in [9.17, 15) is 9.59 Å². The van der Waals surface area contributed by atoms with Gasteiger partial charge >= 0.3 is 0 Å². The summed E-state index contributed by atoms with van der Waals surface area (Å²) in [5, 5.41) is 3.60. The number of halogens is 1. The maximum Gasteiger partial charge on any atom is 0.268 e. The van der Waals surface area contributed by atoms with Gasteiger partial charge in [0.1, 0.15) is 12.3 Å². The van der Waals surface area contributed by atoms with Crippen molar-refractivity contribution in [2.24, 2.45) is 0 Å². The van der Waals surface area contributed by atoms with Crippen molar-refractivity contribution in [3.05, 3.63) is 24.3 Å². The highest BCUT2D eigenvalue weighted by Gasteiger charge is 2.38. The zero-order valence-corrected chi connectivity index (χ0v) is 16.0. The van der Waals surface area contributed by atoms with Gasteiger partial charge in [0.05, 0.1) is 5.69 Å². The Morgan fingerprint density at radius 3 is 2.62 bits per heavy atom. The van der Waals surface area contributed by atoms with Crippen molar-refractivity contribution in [2.75, 3.05) is 18.5 Å². The van der Waals surface area contributed by atoms with Gasteiger partial charge in [-0.25, -0.2) is 0 Å². The van der Waals surface area contributed by atoms with Crippen LogP contribution in [0.25, 0.3) is 0 Å². The lowest BCUT2D eigenvalue weighted by atomic mass is 9.98. The molecule has 1 aromatic rings. The molecule has 2 saturated heterocycles. The largest absolute Gasteiger partial charge is 0.479 e. The molecule has 0 saturated carbocycles. The Morgan fingerprint density at radius 1 is 1.27 bits per heavy atom. The highest BCUT2D eigenvalue weighted by Crippen LogP contribution is 2.34. The third-order valence-electron chi connectivity index (χ3n) is 5.76. The zero-order valence-electron chi connectivity index (χ0n) is 15.2. The zero-order chi connectivity index (χ0) is 17.6. The number of nitrogens with zero attached hydrogens (tertiary/aromatic N) is 2. The lowest BCUT2D eigenvalue weighted by Gasteiger charge is -2.38. The van der Waals surface area contributed by atoms with Gasteiger partial charge in [0.25, 0.3) is 5.91 Å². The van der Waals surface area contributed by atoms with Crippen LogP contribution >= 0.6 is 12.4 Å². The van der Waals surface area contributed by atoms with Gasteiger partial charge in [-0.2, -0.15) is 0 Å². The molecule has 3 aliphatic heterocycles. The average molecular weight is 380 g/mol. The van der Waals surface area contributed by atoms with E-state index in [2.05, 4.69) is 5.32 Å². The molecule has 26 heavy (non-hydrogen) atoms. The highest BCUT2D eigenvalue weighted by molar-refractivity contribution is 6.03. The minimum absolute atomic E-state index is 0. The monoisotopic (exact) mass is 379 g/mol. The number of likely N-dealkylation sites (N-methyl/N-ethyl adjacent to an activating group) is 1. The fourth-order valence-electron chi connectivity index (χ4n) is 4.32. The van der Waals surface area contributed by atoms with Crippen molar-refractivity contribution in [3.8, 4) is 5.75 Å². The first-order chi connectivity index (χ1) is 12.0. The fourth-order valence-corrected chi connectivity index (χ4v) is 4.32. The number of ether oxygens (including phenoxy) is 1. The van der Waals surface area contributed by atoms with E-state index in [1.54, 1.807) is 11.8 Å². The number of rotatable bonds is 3. The number of amides is 2. The molecule has 142 valence electrons. The smallest absolute Gasteiger partial charge is 0.268 e. The summed E-state index contributed by atoms with van der Waals surface area (Å²) in [7, 11) is 1.87. The number of carbonyl (C=O) groups is 2. The van der Waals surface area contributed by atoms with Crippen LogP contribution < -0.4 is 15.0 Å². The molecule has 6 nitrogen and oxygen atoms in total. The normalized spacial score (nSPS) is 29.5. The molecule has 0 aliphatic carbocycles. The number of piperidine rings is 1. The predicted molar refractivity (Wildman–Crippen MR) is 102 cm³/mol. The molecule has 1 aromatic carbocycles. The van der Waals surface area contributed by atoms with Gasteiger partial charge in [-0.15, -0.1) is 12.4 Å².